The number of carbonyl (C=O) groups is 1. The third kappa shape index (κ3) is 3.66. The summed E-state index contributed by atoms with van der Waals surface area (Å²) in [6.45, 7) is 0.695. The fourth-order valence-electron chi connectivity index (χ4n) is 1.67. The van der Waals surface area contributed by atoms with Gasteiger partial charge in [-0.3, -0.25) is 10.1 Å². The van der Waals surface area contributed by atoms with Crippen molar-refractivity contribution in [3.05, 3.63) is 36.5 Å². The highest BCUT2D eigenvalue weighted by atomic mass is 16.5. The maximum absolute atomic E-state index is 11.8. The number of amides is 1. The molecular weight excluding hydrogens is 242 g/mol. The number of benzene rings is 1. The van der Waals surface area contributed by atoms with Crippen LogP contribution >= 0.6 is 0 Å². The second kappa shape index (κ2) is 6.15. The van der Waals surface area contributed by atoms with Crippen LogP contribution in [0.5, 0.6) is 0 Å². The van der Waals surface area contributed by atoms with Gasteiger partial charge >= 0.3 is 0 Å². The molecule has 0 atom stereocenters. The summed E-state index contributed by atoms with van der Waals surface area (Å²) in [5.41, 5.74) is 1.76. The van der Waals surface area contributed by atoms with E-state index in [1.54, 1.807) is 6.20 Å². The van der Waals surface area contributed by atoms with E-state index in [-0.39, 0.29) is 5.91 Å². The molecule has 0 saturated carbocycles. The Morgan fingerprint density at radius 3 is 2.74 bits per heavy atom. The van der Waals surface area contributed by atoms with Gasteiger partial charge in [-0.1, -0.05) is 35.5 Å². The van der Waals surface area contributed by atoms with Gasteiger partial charge < -0.3 is 9.42 Å². The average molecular weight is 259 g/mol. The van der Waals surface area contributed by atoms with Gasteiger partial charge in [0.15, 0.2) is 0 Å². The lowest BCUT2D eigenvalue weighted by atomic mass is 10.1. The predicted molar refractivity (Wildman–Crippen MR) is 73.7 cm³/mol. The molecule has 0 aliphatic heterocycles. The zero-order valence-electron chi connectivity index (χ0n) is 11.1. The SMILES string of the molecule is CN(C)CCC(=O)Nc1oncc1-c1ccccc1. The van der Waals surface area contributed by atoms with Crippen molar-refractivity contribution in [1.82, 2.24) is 10.1 Å². The highest BCUT2D eigenvalue weighted by Crippen LogP contribution is 2.27. The molecule has 0 spiro atoms. The molecule has 0 fully saturated rings. The van der Waals surface area contributed by atoms with Crippen LogP contribution in [-0.4, -0.2) is 36.6 Å². The maximum atomic E-state index is 11.8. The van der Waals surface area contributed by atoms with E-state index >= 15 is 0 Å². The Labute approximate surface area is 112 Å². The first kappa shape index (κ1) is 13.3. The molecule has 0 aliphatic carbocycles. The van der Waals surface area contributed by atoms with E-state index in [0.717, 1.165) is 11.1 Å². The summed E-state index contributed by atoms with van der Waals surface area (Å²) < 4.78 is 5.10. The van der Waals surface area contributed by atoms with Crippen molar-refractivity contribution in [1.29, 1.82) is 0 Å². The lowest BCUT2D eigenvalue weighted by Gasteiger charge is -2.08. The van der Waals surface area contributed by atoms with Crippen molar-refractivity contribution in [2.45, 2.75) is 6.42 Å². The number of carbonyl (C=O) groups excluding carboxylic acids is 1. The van der Waals surface area contributed by atoms with Crippen molar-refractivity contribution >= 4 is 11.8 Å². The van der Waals surface area contributed by atoms with Crippen LogP contribution < -0.4 is 5.32 Å². The third-order valence-corrected chi connectivity index (χ3v) is 2.69. The first-order chi connectivity index (χ1) is 9.16. The summed E-state index contributed by atoms with van der Waals surface area (Å²) in [5, 5.41) is 6.50. The zero-order chi connectivity index (χ0) is 13.7. The van der Waals surface area contributed by atoms with Gasteiger partial charge in [0, 0.05) is 13.0 Å². The minimum absolute atomic E-state index is 0.0809. The molecule has 5 nitrogen and oxygen atoms in total. The molecule has 1 heterocycles. The smallest absolute Gasteiger partial charge is 0.239 e. The monoisotopic (exact) mass is 259 g/mol. The minimum atomic E-state index is -0.0809. The third-order valence-electron chi connectivity index (χ3n) is 2.69. The molecule has 0 aliphatic rings. The van der Waals surface area contributed by atoms with Crippen LogP contribution in [0, 0.1) is 0 Å². The lowest BCUT2D eigenvalue weighted by Crippen LogP contribution is -2.20. The second-order valence-electron chi connectivity index (χ2n) is 4.54. The Kier molecular flexibility index (Phi) is 4.30. The zero-order valence-corrected chi connectivity index (χ0v) is 11.1. The van der Waals surface area contributed by atoms with Gasteiger partial charge in [-0.05, 0) is 19.7 Å². The minimum Gasteiger partial charge on any atom is -0.338 e. The maximum Gasteiger partial charge on any atom is 0.239 e. The summed E-state index contributed by atoms with van der Waals surface area (Å²) in [5.74, 6) is 0.317. The van der Waals surface area contributed by atoms with Crippen molar-refractivity contribution in [2.75, 3.05) is 26.0 Å². The Balaban J connectivity index is 2.06. The summed E-state index contributed by atoms with van der Waals surface area (Å²) in [7, 11) is 3.86. The van der Waals surface area contributed by atoms with E-state index in [4.69, 9.17) is 4.52 Å². The molecule has 19 heavy (non-hydrogen) atoms. The van der Waals surface area contributed by atoms with Gasteiger partial charge in [0.1, 0.15) is 0 Å². The standard InChI is InChI=1S/C14H17N3O2/c1-17(2)9-8-13(18)16-14-12(10-15-19-14)11-6-4-3-5-7-11/h3-7,10H,8-9H2,1-2H3,(H,16,18). The van der Waals surface area contributed by atoms with E-state index in [1.807, 2.05) is 49.3 Å². The normalized spacial score (nSPS) is 10.7. The number of anilines is 1. The summed E-state index contributed by atoms with van der Waals surface area (Å²) >= 11 is 0. The van der Waals surface area contributed by atoms with Gasteiger partial charge in [0.05, 0.1) is 11.8 Å². The average Bonchev–Trinajstić information content (AvgIpc) is 2.85. The number of hydrogen-bond donors (Lipinski definition) is 1. The first-order valence-corrected chi connectivity index (χ1v) is 6.11. The van der Waals surface area contributed by atoms with E-state index in [0.29, 0.717) is 18.8 Å². The predicted octanol–water partition coefficient (Wildman–Crippen LogP) is 2.23. The van der Waals surface area contributed by atoms with E-state index in [1.165, 1.54) is 0 Å². The second-order valence-corrected chi connectivity index (χ2v) is 4.54. The largest absolute Gasteiger partial charge is 0.338 e. The molecular formula is C14H17N3O2. The van der Waals surface area contributed by atoms with Crippen LogP contribution in [0.15, 0.2) is 41.1 Å². The van der Waals surface area contributed by atoms with Gasteiger partial charge in [0.25, 0.3) is 0 Å². The molecule has 100 valence electrons. The van der Waals surface area contributed by atoms with Gasteiger partial charge in [-0.25, -0.2) is 0 Å². The molecule has 5 heteroatoms. The number of aromatic nitrogens is 1. The van der Waals surface area contributed by atoms with Crippen molar-refractivity contribution in [3.63, 3.8) is 0 Å². The van der Waals surface area contributed by atoms with Crippen LogP contribution in [0.1, 0.15) is 6.42 Å². The fourth-order valence-corrected chi connectivity index (χ4v) is 1.67. The van der Waals surface area contributed by atoms with Gasteiger partial charge in [-0.2, -0.15) is 0 Å². The van der Waals surface area contributed by atoms with Crippen LogP contribution in [0.3, 0.4) is 0 Å². The molecule has 1 N–H and O–H groups in total. The molecule has 0 saturated heterocycles. The number of nitrogens with zero attached hydrogens (tertiary/aromatic N) is 2. The number of hydrogen-bond acceptors (Lipinski definition) is 4. The quantitative estimate of drug-likeness (QED) is 0.894. The number of nitrogens with one attached hydrogen (secondary N) is 1. The topological polar surface area (TPSA) is 58.4 Å². The molecule has 2 aromatic rings. The first-order valence-electron chi connectivity index (χ1n) is 6.11. The van der Waals surface area contributed by atoms with E-state index in [9.17, 15) is 4.79 Å². The molecule has 0 unspecified atom stereocenters. The van der Waals surface area contributed by atoms with Crippen molar-refractivity contribution < 1.29 is 9.32 Å². The van der Waals surface area contributed by atoms with Crippen LogP contribution in [-0.2, 0) is 4.79 Å². The Hall–Kier alpha value is -2.14. The van der Waals surface area contributed by atoms with E-state index in [2.05, 4.69) is 10.5 Å². The van der Waals surface area contributed by atoms with Crippen LogP contribution in [0.2, 0.25) is 0 Å². The fraction of sp³-hybridized carbons (Fsp3) is 0.286. The highest BCUT2D eigenvalue weighted by Gasteiger charge is 2.13. The highest BCUT2D eigenvalue weighted by molar-refractivity contribution is 5.93. The molecule has 2 rings (SSSR count). The van der Waals surface area contributed by atoms with Crippen LogP contribution in [0.4, 0.5) is 5.88 Å². The molecule has 0 bridgehead atoms. The van der Waals surface area contributed by atoms with Gasteiger partial charge in [-0.15, -0.1) is 0 Å². The Morgan fingerprint density at radius 2 is 2.05 bits per heavy atom. The van der Waals surface area contributed by atoms with Crippen LogP contribution in [0.25, 0.3) is 11.1 Å². The van der Waals surface area contributed by atoms with Crippen molar-refractivity contribution in [2.24, 2.45) is 0 Å². The summed E-state index contributed by atoms with van der Waals surface area (Å²) in [6, 6.07) is 9.69. The van der Waals surface area contributed by atoms with E-state index < -0.39 is 0 Å². The number of rotatable bonds is 5. The summed E-state index contributed by atoms with van der Waals surface area (Å²) in [6.07, 6.45) is 2.03. The molecule has 1 amide bonds. The van der Waals surface area contributed by atoms with Gasteiger partial charge in [0.2, 0.25) is 11.8 Å². The Morgan fingerprint density at radius 1 is 1.32 bits per heavy atom. The Bertz CT molecular complexity index is 535. The molecule has 1 aromatic carbocycles. The molecule has 0 radical (unpaired) electrons. The molecule has 1 aromatic heterocycles. The lowest BCUT2D eigenvalue weighted by molar-refractivity contribution is -0.116. The van der Waals surface area contributed by atoms with Crippen molar-refractivity contribution in [3.8, 4) is 11.1 Å². The summed E-state index contributed by atoms with van der Waals surface area (Å²) in [4.78, 5) is 13.7.